The number of fused-ring (bicyclic) bond motifs is 1. The van der Waals surface area contributed by atoms with Crippen LogP contribution in [0, 0.1) is 5.92 Å². The molecule has 7 nitrogen and oxygen atoms in total. The molecule has 0 aromatic carbocycles. The van der Waals surface area contributed by atoms with Crippen molar-refractivity contribution in [2.45, 2.75) is 51.1 Å². The Balaban J connectivity index is 1.43. The molecule has 4 heterocycles. The lowest BCUT2D eigenvalue weighted by Gasteiger charge is -2.36. The minimum atomic E-state index is -0.168. The molecule has 3 aliphatic rings. The number of likely N-dealkylation sites (tertiary alicyclic amines) is 1. The van der Waals surface area contributed by atoms with Gasteiger partial charge in [-0.05, 0) is 50.0 Å². The van der Waals surface area contributed by atoms with Gasteiger partial charge in [0.15, 0.2) is 0 Å². The maximum atomic E-state index is 12.8. The molecular formula is C21H24N4O3S. The lowest BCUT2D eigenvalue weighted by atomic mass is 9.99. The third kappa shape index (κ3) is 3.50. The summed E-state index contributed by atoms with van der Waals surface area (Å²) in [5, 5.41) is 1.89. The summed E-state index contributed by atoms with van der Waals surface area (Å²) in [4.78, 5) is 50.4. The lowest BCUT2D eigenvalue weighted by Crippen LogP contribution is -2.42. The number of nitrogens with one attached hydrogen (secondary N) is 1. The van der Waals surface area contributed by atoms with Crippen molar-refractivity contribution >= 4 is 23.2 Å². The number of carbonyl (C=O) groups excluding carboxylic acids is 2. The van der Waals surface area contributed by atoms with Crippen LogP contribution >= 0.6 is 11.3 Å². The average Bonchev–Trinajstić information content (AvgIpc) is 3.46. The van der Waals surface area contributed by atoms with Gasteiger partial charge in [0.25, 0.3) is 11.5 Å². The molecule has 1 N–H and O–H groups in total. The Morgan fingerprint density at radius 3 is 2.79 bits per heavy atom. The van der Waals surface area contributed by atoms with Crippen molar-refractivity contribution in [3.63, 3.8) is 0 Å². The van der Waals surface area contributed by atoms with Gasteiger partial charge in [-0.25, -0.2) is 4.98 Å². The predicted molar refractivity (Wildman–Crippen MR) is 109 cm³/mol. The fraction of sp³-hybridized carbons (Fsp3) is 0.524. The van der Waals surface area contributed by atoms with Gasteiger partial charge in [0, 0.05) is 24.6 Å². The highest BCUT2D eigenvalue weighted by molar-refractivity contribution is 7.12. The van der Waals surface area contributed by atoms with Crippen molar-refractivity contribution in [3.8, 4) is 0 Å². The largest absolute Gasteiger partial charge is 0.332 e. The molecule has 0 spiro atoms. The molecule has 0 radical (unpaired) electrons. The van der Waals surface area contributed by atoms with Gasteiger partial charge >= 0.3 is 0 Å². The van der Waals surface area contributed by atoms with E-state index in [2.05, 4.69) is 4.98 Å². The summed E-state index contributed by atoms with van der Waals surface area (Å²) in [5.41, 5.74) is 1.21. The zero-order valence-corrected chi connectivity index (χ0v) is 17.0. The molecule has 0 bridgehead atoms. The normalized spacial score (nSPS) is 21.7. The number of hydrogen-bond donors (Lipinski definition) is 1. The molecule has 2 aliphatic heterocycles. The van der Waals surface area contributed by atoms with Crippen LogP contribution in [0.3, 0.4) is 0 Å². The van der Waals surface area contributed by atoms with E-state index >= 15 is 0 Å². The molecule has 2 amide bonds. The van der Waals surface area contributed by atoms with E-state index < -0.39 is 0 Å². The van der Waals surface area contributed by atoms with E-state index in [0.29, 0.717) is 41.5 Å². The summed E-state index contributed by atoms with van der Waals surface area (Å²) in [7, 11) is 0. The van der Waals surface area contributed by atoms with E-state index in [1.54, 1.807) is 4.90 Å². The van der Waals surface area contributed by atoms with Gasteiger partial charge in [-0.2, -0.15) is 0 Å². The molecular weight excluding hydrogens is 388 g/mol. The third-order valence-corrected chi connectivity index (χ3v) is 7.00. The van der Waals surface area contributed by atoms with Crippen LogP contribution in [0.2, 0.25) is 0 Å². The van der Waals surface area contributed by atoms with Crippen molar-refractivity contribution in [1.82, 2.24) is 19.8 Å². The van der Waals surface area contributed by atoms with Crippen LogP contribution in [0.5, 0.6) is 0 Å². The lowest BCUT2D eigenvalue weighted by molar-refractivity contribution is -0.136. The van der Waals surface area contributed by atoms with E-state index in [9.17, 15) is 14.4 Å². The molecule has 2 aromatic rings. The van der Waals surface area contributed by atoms with E-state index in [4.69, 9.17) is 4.98 Å². The third-order valence-electron chi connectivity index (χ3n) is 6.14. The molecule has 1 saturated heterocycles. The second-order valence-electron chi connectivity index (χ2n) is 8.15. The fourth-order valence-electron chi connectivity index (χ4n) is 4.39. The minimum absolute atomic E-state index is 0.0162. The van der Waals surface area contributed by atoms with Crippen LogP contribution in [0.15, 0.2) is 22.3 Å². The molecule has 1 saturated carbocycles. The Bertz CT molecular complexity index is 996. The first-order valence-electron chi connectivity index (χ1n) is 10.4. The van der Waals surface area contributed by atoms with Crippen LogP contribution in [-0.2, 0) is 17.8 Å². The maximum Gasteiger partial charge on any atom is 0.264 e. The summed E-state index contributed by atoms with van der Waals surface area (Å²) in [6, 6.07) is 3.52. The highest BCUT2D eigenvalue weighted by Crippen LogP contribution is 2.37. The number of nitrogens with zero attached hydrogens (tertiary/aromatic N) is 3. The van der Waals surface area contributed by atoms with Gasteiger partial charge in [-0.15, -0.1) is 11.3 Å². The number of hydrogen-bond acceptors (Lipinski definition) is 5. The molecule has 1 atom stereocenters. The maximum absolute atomic E-state index is 12.8. The van der Waals surface area contributed by atoms with Crippen molar-refractivity contribution in [2.24, 2.45) is 5.92 Å². The highest BCUT2D eigenvalue weighted by Gasteiger charge is 2.39. The van der Waals surface area contributed by atoms with Crippen LogP contribution < -0.4 is 5.56 Å². The number of carbonyl (C=O) groups is 2. The van der Waals surface area contributed by atoms with E-state index in [1.807, 2.05) is 22.4 Å². The number of piperidine rings is 1. The molecule has 1 unspecified atom stereocenters. The number of amides is 2. The van der Waals surface area contributed by atoms with Crippen molar-refractivity contribution in [2.75, 3.05) is 13.1 Å². The minimum Gasteiger partial charge on any atom is -0.332 e. The molecule has 1 aliphatic carbocycles. The number of rotatable bonds is 3. The standard InChI is InChI=1S/C21H24N4O3S/c26-19-14-8-10-24(21(28)17-5-3-11-29-17)12-15(14)22-18(23-19)16-4-1-2-9-25(16)20(27)13-6-7-13/h3,5,11,13,16H,1-2,4,6-10,12H2,(H,22,23,26). The molecule has 29 heavy (non-hydrogen) atoms. The Kier molecular flexibility index (Phi) is 4.73. The van der Waals surface area contributed by atoms with Crippen LogP contribution in [-0.4, -0.2) is 44.7 Å². The van der Waals surface area contributed by atoms with Crippen LogP contribution in [0.1, 0.15) is 64.9 Å². The van der Waals surface area contributed by atoms with E-state index in [-0.39, 0.29) is 29.3 Å². The Hall–Kier alpha value is -2.48. The Morgan fingerprint density at radius 1 is 1.17 bits per heavy atom. The molecule has 2 aromatic heterocycles. The number of aromatic amines is 1. The first kappa shape index (κ1) is 18.5. The Morgan fingerprint density at radius 2 is 2.03 bits per heavy atom. The first-order chi connectivity index (χ1) is 14.1. The van der Waals surface area contributed by atoms with E-state index in [1.165, 1.54) is 11.3 Å². The van der Waals surface area contributed by atoms with Crippen LogP contribution in [0.4, 0.5) is 0 Å². The molecule has 5 rings (SSSR count). The fourth-order valence-corrected chi connectivity index (χ4v) is 5.08. The second-order valence-corrected chi connectivity index (χ2v) is 9.10. The number of thiophene rings is 1. The second kappa shape index (κ2) is 7.40. The summed E-state index contributed by atoms with van der Waals surface area (Å²) in [6.45, 7) is 1.58. The summed E-state index contributed by atoms with van der Waals surface area (Å²) in [5.74, 6) is 0.911. The zero-order chi connectivity index (χ0) is 20.0. The van der Waals surface area contributed by atoms with Gasteiger partial charge in [-0.3, -0.25) is 14.4 Å². The summed E-state index contributed by atoms with van der Waals surface area (Å²) >= 11 is 1.42. The quantitative estimate of drug-likeness (QED) is 0.839. The molecule has 8 heteroatoms. The zero-order valence-electron chi connectivity index (χ0n) is 16.2. The van der Waals surface area contributed by atoms with E-state index in [0.717, 1.165) is 38.6 Å². The van der Waals surface area contributed by atoms with Gasteiger partial charge in [-0.1, -0.05) is 6.07 Å². The number of H-pyrrole nitrogens is 1. The van der Waals surface area contributed by atoms with Crippen molar-refractivity contribution < 1.29 is 9.59 Å². The summed E-state index contributed by atoms with van der Waals surface area (Å²) in [6.07, 6.45) is 5.27. The van der Waals surface area contributed by atoms with Gasteiger partial charge in [0.2, 0.25) is 5.91 Å². The van der Waals surface area contributed by atoms with Crippen molar-refractivity contribution in [3.05, 3.63) is 49.8 Å². The average molecular weight is 413 g/mol. The monoisotopic (exact) mass is 412 g/mol. The smallest absolute Gasteiger partial charge is 0.264 e. The SMILES string of the molecule is O=C(c1cccs1)N1CCc2c(nc(C3CCCCN3C(=O)C3CC3)[nH]c2=O)C1. The first-order valence-corrected chi connectivity index (χ1v) is 11.2. The summed E-state index contributed by atoms with van der Waals surface area (Å²) < 4.78 is 0. The van der Waals surface area contributed by atoms with Crippen LogP contribution in [0.25, 0.3) is 0 Å². The molecule has 2 fully saturated rings. The topological polar surface area (TPSA) is 86.4 Å². The molecule has 152 valence electrons. The number of aromatic nitrogens is 2. The van der Waals surface area contributed by atoms with Crippen molar-refractivity contribution in [1.29, 1.82) is 0 Å². The van der Waals surface area contributed by atoms with Gasteiger partial charge in [0.1, 0.15) is 5.82 Å². The highest BCUT2D eigenvalue weighted by atomic mass is 32.1. The Labute approximate surface area is 172 Å². The van der Waals surface area contributed by atoms with Gasteiger partial charge in [0.05, 0.1) is 23.2 Å². The predicted octanol–water partition coefficient (Wildman–Crippen LogP) is 2.49. The van der Waals surface area contributed by atoms with Gasteiger partial charge < -0.3 is 14.8 Å².